The van der Waals surface area contributed by atoms with Crippen LogP contribution in [-0.2, 0) is 17.6 Å². The minimum absolute atomic E-state index is 0.00251. The zero-order chi connectivity index (χ0) is 27.2. The van der Waals surface area contributed by atoms with Gasteiger partial charge in [-0.15, -0.1) is 0 Å². The van der Waals surface area contributed by atoms with Crippen LogP contribution in [0.4, 0.5) is 17.5 Å². The number of aryl methyl sites for hydroxylation is 1. The molecule has 0 unspecified atom stereocenters. The third-order valence-corrected chi connectivity index (χ3v) is 7.52. The van der Waals surface area contributed by atoms with Crippen LogP contribution in [0.25, 0.3) is 0 Å². The standard InChI is InChI=1S/C29H35N7O3/c1-2-22-26(31-17-24(29(38)39)35-28(37)21-7-4-3-5-8-21)32-18-33-27(22)36-15-12-19(13-16-36)23-11-10-20-9-6-14-30-25(20)34-23/h3-5,7-8,10-11,18-19,24H,2,6,9,12-17H2,1H3,(H,30,34)(H,35,37)(H,38,39)(H,31,32,33)/t24-/m0/s1. The number of hydrogen-bond acceptors (Lipinski definition) is 8. The summed E-state index contributed by atoms with van der Waals surface area (Å²) in [6.45, 7) is 4.72. The smallest absolute Gasteiger partial charge is 0.328 e. The molecule has 0 radical (unpaired) electrons. The van der Waals surface area contributed by atoms with Crippen LogP contribution in [-0.4, -0.2) is 64.2 Å². The summed E-state index contributed by atoms with van der Waals surface area (Å²) in [7, 11) is 0. The quantitative estimate of drug-likeness (QED) is 0.329. The molecular weight excluding hydrogens is 494 g/mol. The van der Waals surface area contributed by atoms with Crippen molar-refractivity contribution in [3.05, 3.63) is 71.2 Å². The molecule has 10 heteroatoms. The van der Waals surface area contributed by atoms with E-state index in [0.29, 0.717) is 23.7 Å². The Morgan fingerprint density at radius 2 is 1.92 bits per heavy atom. The maximum Gasteiger partial charge on any atom is 0.328 e. The van der Waals surface area contributed by atoms with Gasteiger partial charge >= 0.3 is 5.97 Å². The molecule has 2 aliphatic rings. The number of carbonyl (C=O) groups is 2. The predicted octanol–water partition coefficient (Wildman–Crippen LogP) is 3.47. The summed E-state index contributed by atoms with van der Waals surface area (Å²) in [5, 5.41) is 18.9. The fourth-order valence-corrected chi connectivity index (χ4v) is 5.34. The number of carbonyl (C=O) groups excluding carboxylic acids is 1. The van der Waals surface area contributed by atoms with E-state index in [1.54, 1.807) is 30.3 Å². The van der Waals surface area contributed by atoms with Crippen molar-refractivity contribution in [3.63, 3.8) is 0 Å². The van der Waals surface area contributed by atoms with E-state index in [1.165, 1.54) is 11.9 Å². The fraction of sp³-hybridized carbons (Fsp3) is 0.414. The first-order valence-electron chi connectivity index (χ1n) is 13.7. The molecule has 4 heterocycles. The van der Waals surface area contributed by atoms with Crippen molar-refractivity contribution in [1.82, 2.24) is 20.3 Å². The fourth-order valence-electron chi connectivity index (χ4n) is 5.34. The van der Waals surface area contributed by atoms with Crippen molar-refractivity contribution in [1.29, 1.82) is 0 Å². The van der Waals surface area contributed by atoms with E-state index in [2.05, 4.69) is 43.0 Å². The number of hydrogen-bond donors (Lipinski definition) is 4. The second kappa shape index (κ2) is 12.1. The van der Waals surface area contributed by atoms with Gasteiger partial charge in [-0.05, 0) is 55.9 Å². The molecule has 1 saturated heterocycles. The number of carboxylic acid groups (broad SMARTS) is 1. The molecule has 5 rings (SSSR count). The Morgan fingerprint density at radius 3 is 2.67 bits per heavy atom. The maximum absolute atomic E-state index is 12.5. The topological polar surface area (TPSA) is 132 Å². The van der Waals surface area contributed by atoms with E-state index in [4.69, 9.17) is 4.98 Å². The van der Waals surface area contributed by atoms with Gasteiger partial charge in [-0.25, -0.2) is 19.7 Å². The van der Waals surface area contributed by atoms with Gasteiger partial charge in [-0.3, -0.25) is 4.79 Å². The lowest BCUT2D eigenvalue weighted by atomic mass is 9.92. The average Bonchev–Trinajstić information content (AvgIpc) is 2.99. The maximum atomic E-state index is 12.5. The zero-order valence-corrected chi connectivity index (χ0v) is 22.2. The molecule has 1 amide bonds. The largest absolute Gasteiger partial charge is 0.480 e. The Kier molecular flexibility index (Phi) is 8.19. The van der Waals surface area contributed by atoms with Gasteiger partial charge in [-0.2, -0.15) is 0 Å². The Bertz CT molecular complexity index is 1310. The molecular formula is C29H35N7O3. The molecule has 0 spiro atoms. The number of nitrogens with one attached hydrogen (secondary N) is 3. The normalized spacial score (nSPS) is 16.1. The summed E-state index contributed by atoms with van der Waals surface area (Å²) in [5.41, 5.74) is 3.81. The first-order valence-corrected chi connectivity index (χ1v) is 13.7. The van der Waals surface area contributed by atoms with E-state index < -0.39 is 17.9 Å². The highest BCUT2D eigenvalue weighted by Crippen LogP contribution is 2.33. The Morgan fingerprint density at radius 1 is 1.13 bits per heavy atom. The van der Waals surface area contributed by atoms with Gasteiger partial charge in [0.15, 0.2) is 0 Å². The van der Waals surface area contributed by atoms with Crippen molar-refractivity contribution in [3.8, 4) is 0 Å². The lowest BCUT2D eigenvalue weighted by Crippen LogP contribution is -2.45. The van der Waals surface area contributed by atoms with E-state index in [0.717, 1.165) is 68.2 Å². The molecule has 0 aliphatic carbocycles. The van der Waals surface area contributed by atoms with Crippen LogP contribution in [0, 0.1) is 0 Å². The lowest BCUT2D eigenvalue weighted by molar-refractivity contribution is -0.138. The van der Waals surface area contributed by atoms with Crippen LogP contribution in [0.2, 0.25) is 0 Å². The summed E-state index contributed by atoms with van der Waals surface area (Å²) in [6.07, 6.45) is 6.40. The number of rotatable bonds is 9. The molecule has 2 aliphatic heterocycles. The third kappa shape index (κ3) is 6.10. The second-order valence-corrected chi connectivity index (χ2v) is 10.0. The van der Waals surface area contributed by atoms with Crippen LogP contribution < -0.4 is 20.9 Å². The van der Waals surface area contributed by atoms with Crippen molar-refractivity contribution in [2.75, 3.05) is 41.7 Å². The van der Waals surface area contributed by atoms with Crippen LogP contribution in [0.3, 0.4) is 0 Å². The number of amides is 1. The molecule has 0 bridgehead atoms. The van der Waals surface area contributed by atoms with E-state index in [9.17, 15) is 14.7 Å². The average molecular weight is 530 g/mol. The highest BCUT2D eigenvalue weighted by molar-refractivity contribution is 5.96. The molecule has 1 atom stereocenters. The molecule has 2 aromatic heterocycles. The van der Waals surface area contributed by atoms with E-state index in [1.807, 2.05) is 6.92 Å². The lowest BCUT2D eigenvalue weighted by Gasteiger charge is -2.34. The van der Waals surface area contributed by atoms with Gasteiger partial charge in [0.1, 0.15) is 29.8 Å². The highest BCUT2D eigenvalue weighted by atomic mass is 16.4. The van der Waals surface area contributed by atoms with Gasteiger partial charge in [0.05, 0.1) is 0 Å². The highest BCUT2D eigenvalue weighted by Gasteiger charge is 2.26. The third-order valence-electron chi connectivity index (χ3n) is 7.52. The molecule has 3 aromatic rings. The predicted molar refractivity (Wildman–Crippen MR) is 150 cm³/mol. The number of aliphatic carboxylic acids is 1. The van der Waals surface area contributed by atoms with Crippen LogP contribution in [0.5, 0.6) is 0 Å². The van der Waals surface area contributed by atoms with Gasteiger partial charge in [0.25, 0.3) is 5.91 Å². The Labute approximate surface area is 228 Å². The van der Waals surface area contributed by atoms with Gasteiger partial charge < -0.3 is 26.0 Å². The summed E-state index contributed by atoms with van der Waals surface area (Å²) >= 11 is 0. The molecule has 10 nitrogen and oxygen atoms in total. The molecule has 1 fully saturated rings. The van der Waals surface area contributed by atoms with Crippen LogP contribution in [0.1, 0.15) is 59.3 Å². The number of benzene rings is 1. The molecule has 204 valence electrons. The Hall–Kier alpha value is -4.21. The minimum Gasteiger partial charge on any atom is -0.480 e. The number of piperidine rings is 1. The summed E-state index contributed by atoms with van der Waals surface area (Å²) in [4.78, 5) is 40.6. The van der Waals surface area contributed by atoms with Crippen LogP contribution in [0.15, 0.2) is 48.8 Å². The van der Waals surface area contributed by atoms with E-state index in [-0.39, 0.29) is 6.54 Å². The Balaban J connectivity index is 1.23. The number of pyridine rings is 1. The summed E-state index contributed by atoms with van der Waals surface area (Å²) in [6, 6.07) is 11.9. The van der Waals surface area contributed by atoms with Crippen LogP contribution >= 0.6 is 0 Å². The monoisotopic (exact) mass is 529 g/mol. The molecule has 39 heavy (non-hydrogen) atoms. The number of anilines is 3. The number of nitrogens with zero attached hydrogens (tertiary/aromatic N) is 4. The summed E-state index contributed by atoms with van der Waals surface area (Å²) in [5.74, 6) is 1.36. The van der Waals surface area contributed by atoms with Gasteiger partial charge in [-0.1, -0.05) is 31.2 Å². The first kappa shape index (κ1) is 26.4. The van der Waals surface area contributed by atoms with Crippen molar-refractivity contribution >= 4 is 29.3 Å². The molecule has 0 saturated carbocycles. The second-order valence-electron chi connectivity index (χ2n) is 10.0. The minimum atomic E-state index is -1.12. The SMILES string of the molecule is CCc1c(NC[C@H](NC(=O)c2ccccc2)C(=O)O)ncnc1N1CCC(c2ccc3c(n2)NCCC3)CC1. The molecule has 4 N–H and O–H groups in total. The van der Waals surface area contributed by atoms with Gasteiger partial charge in [0, 0.05) is 48.9 Å². The van der Waals surface area contributed by atoms with Crippen molar-refractivity contribution in [2.45, 2.75) is 51.0 Å². The number of fused-ring (bicyclic) bond motifs is 1. The number of carboxylic acids is 1. The van der Waals surface area contributed by atoms with E-state index >= 15 is 0 Å². The summed E-state index contributed by atoms with van der Waals surface area (Å²) < 4.78 is 0. The number of aromatic nitrogens is 3. The molecule has 1 aromatic carbocycles. The van der Waals surface area contributed by atoms with Crippen molar-refractivity contribution in [2.24, 2.45) is 0 Å². The van der Waals surface area contributed by atoms with Gasteiger partial charge in [0.2, 0.25) is 0 Å². The first-order chi connectivity index (χ1) is 19.0. The zero-order valence-electron chi connectivity index (χ0n) is 22.2. The van der Waals surface area contributed by atoms with Crippen molar-refractivity contribution < 1.29 is 14.7 Å².